The summed E-state index contributed by atoms with van der Waals surface area (Å²) < 4.78 is 27.0. The molecule has 3 aromatic rings. The first-order chi connectivity index (χ1) is 14.8. The van der Waals surface area contributed by atoms with Crippen molar-refractivity contribution in [2.75, 3.05) is 36.4 Å². The van der Waals surface area contributed by atoms with Crippen LogP contribution >= 0.6 is 0 Å². The van der Waals surface area contributed by atoms with E-state index < -0.39 is 10.0 Å². The number of rotatable bonds is 8. The maximum absolute atomic E-state index is 12.9. The minimum absolute atomic E-state index is 0.208. The summed E-state index contributed by atoms with van der Waals surface area (Å²) >= 11 is 0. The zero-order valence-corrected chi connectivity index (χ0v) is 18.8. The number of amides is 1. The highest BCUT2D eigenvalue weighted by molar-refractivity contribution is 7.92. The van der Waals surface area contributed by atoms with Gasteiger partial charge in [-0.15, -0.1) is 0 Å². The maximum atomic E-state index is 12.9. The molecule has 0 aliphatic rings. The van der Waals surface area contributed by atoms with Crippen molar-refractivity contribution in [3.63, 3.8) is 0 Å². The second-order valence-corrected chi connectivity index (χ2v) is 9.32. The molecule has 0 aliphatic carbocycles. The van der Waals surface area contributed by atoms with Gasteiger partial charge in [-0.1, -0.05) is 42.0 Å². The van der Waals surface area contributed by atoms with Gasteiger partial charge in [-0.05, 0) is 49.4 Å². The zero-order valence-electron chi connectivity index (χ0n) is 17.9. The predicted molar refractivity (Wildman–Crippen MR) is 125 cm³/mol. The van der Waals surface area contributed by atoms with Gasteiger partial charge in [0.1, 0.15) is 0 Å². The number of para-hydroxylation sites is 1. The minimum Gasteiger partial charge on any atom is -0.373 e. The van der Waals surface area contributed by atoms with Gasteiger partial charge in [-0.2, -0.15) is 0 Å². The van der Waals surface area contributed by atoms with Crippen molar-refractivity contribution in [1.82, 2.24) is 5.32 Å². The Morgan fingerprint density at radius 3 is 2.19 bits per heavy atom. The molecule has 3 aromatic carbocycles. The maximum Gasteiger partial charge on any atom is 0.264 e. The first-order valence-electron chi connectivity index (χ1n) is 9.99. The molecular weight excluding hydrogens is 410 g/mol. The summed E-state index contributed by atoms with van der Waals surface area (Å²) in [4.78, 5) is 14.9. The van der Waals surface area contributed by atoms with Crippen molar-refractivity contribution in [3.8, 4) is 0 Å². The third-order valence-corrected chi connectivity index (χ3v) is 6.88. The summed E-state index contributed by atoms with van der Waals surface area (Å²) in [6.07, 6.45) is 0. The lowest BCUT2D eigenvalue weighted by atomic mass is 10.2. The van der Waals surface area contributed by atoms with Crippen LogP contribution in [0.3, 0.4) is 0 Å². The number of hydrogen-bond donors (Lipinski definition) is 1. The molecule has 0 heterocycles. The van der Waals surface area contributed by atoms with E-state index in [1.165, 1.54) is 11.4 Å². The monoisotopic (exact) mass is 437 g/mol. The summed E-state index contributed by atoms with van der Waals surface area (Å²) in [5.41, 5.74) is 2.89. The molecule has 0 saturated heterocycles. The first kappa shape index (κ1) is 22.4. The Bertz CT molecular complexity index is 1130. The van der Waals surface area contributed by atoms with Gasteiger partial charge in [-0.3, -0.25) is 9.10 Å². The second kappa shape index (κ2) is 9.66. The molecule has 0 fully saturated rings. The Balaban J connectivity index is 1.66. The van der Waals surface area contributed by atoms with E-state index in [2.05, 4.69) is 10.2 Å². The van der Waals surface area contributed by atoms with Crippen LogP contribution in [0.25, 0.3) is 0 Å². The lowest BCUT2D eigenvalue weighted by molar-refractivity contribution is 0.0954. The molecule has 3 rings (SSSR count). The van der Waals surface area contributed by atoms with Crippen molar-refractivity contribution in [1.29, 1.82) is 0 Å². The smallest absolute Gasteiger partial charge is 0.264 e. The summed E-state index contributed by atoms with van der Waals surface area (Å²) in [5, 5.41) is 2.89. The van der Waals surface area contributed by atoms with Gasteiger partial charge in [0.05, 0.1) is 10.6 Å². The third-order valence-electron chi connectivity index (χ3n) is 5.08. The van der Waals surface area contributed by atoms with Crippen molar-refractivity contribution in [2.24, 2.45) is 0 Å². The van der Waals surface area contributed by atoms with E-state index in [-0.39, 0.29) is 10.8 Å². The molecule has 1 amide bonds. The fourth-order valence-corrected chi connectivity index (χ4v) is 4.29. The Kier molecular flexibility index (Phi) is 6.97. The lowest BCUT2D eigenvalue weighted by Crippen LogP contribution is -2.33. The van der Waals surface area contributed by atoms with E-state index in [9.17, 15) is 13.2 Å². The van der Waals surface area contributed by atoms with Crippen molar-refractivity contribution < 1.29 is 13.2 Å². The summed E-state index contributed by atoms with van der Waals surface area (Å²) in [6.45, 7) is 3.02. The standard InChI is InChI=1S/C24H27N3O3S/c1-19-12-14-23(15-13-19)31(29,30)27(3)22-11-7-8-20(18-22)24(28)25-16-17-26(2)21-9-5-4-6-10-21/h4-15,18H,16-17H2,1-3H3,(H,25,28). The molecule has 1 N–H and O–H groups in total. The van der Waals surface area contributed by atoms with Crippen LogP contribution in [-0.4, -0.2) is 41.5 Å². The molecule has 0 spiro atoms. The van der Waals surface area contributed by atoms with Crippen molar-refractivity contribution in [2.45, 2.75) is 11.8 Å². The van der Waals surface area contributed by atoms with E-state index in [0.717, 1.165) is 11.3 Å². The molecule has 0 aliphatic heterocycles. The molecule has 0 unspecified atom stereocenters. The average molecular weight is 438 g/mol. The number of benzene rings is 3. The van der Waals surface area contributed by atoms with E-state index in [1.807, 2.05) is 44.3 Å². The first-order valence-corrected chi connectivity index (χ1v) is 11.4. The van der Waals surface area contributed by atoms with Gasteiger partial charge < -0.3 is 10.2 Å². The molecule has 7 heteroatoms. The third kappa shape index (κ3) is 5.44. The second-order valence-electron chi connectivity index (χ2n) is 7.35. The Hall–Kier alpha value is -3.32. The highest BCUT2D eigenvalue weighted by Gasteiger charge is 2.21. The molecule has 0 atom stereocenters. The number of nitrogens with one attached hydrogen (secondary N) is 1. The number of nitrogens with zero attached hydrogens (tertiary/aromatic N) is 2. The molecule has 31 heavy (non-hydrogen) atoms. The Labute approximate surface area is 184 Å². The van der Waals surface area contributed by atoms with Crippen LogP contribution in [0.5, 0.6) is 0 Å². The lowest BCUT2D eigenvalue weighted by Gasteiger charge is -2.21. The van der Waals surface area contributed by atoms with Crippen LogP contribution in [0.1, 0.15) is 15.9 Å². The number of anilines is 2. The number of likely N-dealkylation sites (N-methyl/N-ethyl adjacent to an activating group) is 1. The molecule has 162 valence electrons. The number of carbonyl (C=O) groups is 1. The fraction of sp³-hybridized carbons (Fsp3) is 0.208. The van der Waals surface area contributed by atoms with Crippen LogP contribution in [0.4, 0.5) is 11.4 Å². The predicted octanol–water partition coefficient (Wildman–Crippen LogP) is 3.69. The van der Waals surface area contributed by atoms with Gasteiger partial charge in [0.2, 0.25) is 0 Å². The molecular formula is C24H27N3O3S. The van der Waals surface area contributed by atoms with Gasteiger partial charge in [0.25, 0.3) is 15.9 Å². The van der Waals surface area contributed by atoms with Gasteiger partial charge in [0.15, 0.2) is 0 Å². The highest BCUT2D eigenvalue weighted by Crippen LogP contribution is 2.23. The molecule has 6 nitrogen and oxygen atoms in total. The van der Waals surface area contributed by atoms with Gasteiger partial charge in [0, 0.05) is 38.4 Å². The van der Waals surface area contributed by atoms with Gasteiger partial charge >= 0.3 is 0 Å². The average Bonchev–Trinajstić information content (AvgIpc) is 2.79. The van der Waals surface area contributed by atoms with E-state index in [4.69, 9.17) is 0 Å². The van der Waals surface area contributed by atoms with Crippen LogP contribution in [0.15, 0.2) is 83.8 Å². The normalized spacial score (nSPS) is 11.1. The number of aryl methyl sites for hydroxylation is 1. The molecule has 0 aromatic heterocycles. The minimum atomic E-state index is -3.72. The largest absolute Gasteiger partial charge is 0.373 e. The summed E-state index contributed by atoms with van der Waals surface area (Å²) in [6, 6.07) is 23.2. The SMILES string of the molecule is Cc1ccc(S(=O)(=O)N(C)c2cccc(C(=O)NCCN(C)c3ccccc3)c2)cc1. The summed E-state index contributed by atoms with van der Waals surface area (Å²) in [7, 11) is -0.263. The highest BCUT2D eigenvalue weighted by atomic mass is 32.2. The van der Waals surface area contributed by atoms with Crippen molar-refractivity contribution in [3.05, 3.63) is 90.0 Å². The van der Waals surface area contributed by atoms with Crippen molar-refractivity contribution >= 4 is 27.3 Å². The van der Waals surface area contributed by atoms with Crippen LogP contribution in [-0.2, 0) is 10.0 Å². The fourth-order valence-electron chi connectivity index (χ4n) is 3.10. The van der Waals surface area contributed by atoms with Crippen LogP contribution in [0.2, 0.25) is 0 Å². The number of carbonyl (C=O) groups excluding carboxylic acids is 1. The molecule has 0 saturated carbocycles. The quantitative estimate of drug-likeness (QED) is 0.584. The van der Waals surface area contributed by atoms with Gasteiger partial charge in [-0.25, -0.2) is 8.42 Å². The number of hydrogen-bond acceptors (Lipinski definition) is 4. The zero-order chi connectivity index (χ0) is 22.4. The summed E-state index contributed by atoms with van der Waals surface area (Å²) in [5.74, 6) is -0.246. The van der Waals surface area contributed by atoms with E-state index in [1.54, 1.807) is 48.5 Å². The molecule has 0 radical (unpaired) electrons. The Morgan fingerprint density at radius 1 is 0.871 bits per heavy atom. The Morgan fingerprint density at radius 2 is 1.52 bits per heavy atom. The van der Waals surface area contributed by atoms with E-state index in [0.29, 0.717) is 24.3 Å². The topological polar surface area (TPSA) is 69.7 Å². The van der Waals surface area contributed by atoms with E-state index >= 15 is 0 Å². The number of sulfonamides is 1. The molecule has 0 bridgehead atoms. The van der Waals surface area contributed by atoms with Crippen LogP contribution in [0, 0.1) is 6.92 Å². The van der Waals surface area contributed by atoms with Crippen LogP contribution < -0.4 is 14.5 Å².